The second kappa shape index (κ2) is 6.87. The Bertz CT molecular complexity index is 910. The zero-order valence-corrected chi connectivity index (χ0v) is 13.2. The van der Waals surface area contributed by atoms with Gasteiger partial charge in [-0.3, -0.25) is 0 Å². The highest BCUT2D eigenvalue weighted by Gasteiger charge is 2.29. The first-order valence-corrected chi connectivity index (χ1v) is 7.41. The van der Waals surface area contributed by atoms with Crippen LogP contribution < -0.4 is 16.4 Å². The van der Waals surface area contributed by atoms with E-state index in [1.54, 1.807) is 12.1 Å². The highest BCUT2D eigenvalue weighted by molar-refractivity contribution is 5.80. The van der Waals surface area contributed by atoms with Crippen LogP contribution in [0.5, 0.6) is 0 Å². The van der Waals surface area contributed by atoms with Gasteiger partial charge in [0.1, 0.15) is 17.8 Å². The SMILES string of the molecule is Nc1c(Nc2ccc(C(F)(F)F)cc2)ncnc1Nc1ccccc1F. The smallest absolute Gasteiger partial charge is 0.393 e. The van der Waals surface area contributed by atoms with Crippen molar-refractivity contribution < 1.29 is 17.6 Å². The number of benzene rings is 2. The van der Waals surface area contributed by atoms with Crippen molar-refractivity contribution in [2.75, 3.05) is 16.4 Å². The van der Waals surface area contributed by atoms with Crippen molar-refractivity contribution >= 4 is 28.7 Å². The Kier molecular flexibility index (Phi) is 4.61. The molecule has 0 unspecified atom stereocenters. The largest absolute Gasteiger partial charge is 0.416 e. The molecule has 4 N–H and O–H groups in total. The van der Waals surface area contributed by atoms with Gasteiger partial charge in [0.15, 0.2) is 11.6 Å². The number of nitrogens with two attached hydrogens (primary N) is 1. The molecule has 0 bridgehead atoms. The van der Waals surface area contributed by atoms with Crippen molar-refractivity contribution in [2.45, 2.75) is 6.18 Å². The summed E-state index contributed by atoms with van der Waals surface area (Å²) in [6.07, 6.45) is -3.21. The zero-order chi connectivity index (χ0) is 18.7. The van der Waals surface area contributed by atoms with Gasteiger partial charge >= 0.3 is 6.18 Å². The molecule has 0 atom stereocenters. The minimum atomic E-state index is -4.41. The second-order valence-electron chi connectivity index (χ2n) is 5.29. The van der Waals surface area contributed by atoms with Crippen LogP contribution in [0, 0.1) is 5.82 Å². The predicted molar refractivity (Wildman–Crippen MR) is 90.9 cm³/mol. The van der Waals surface area contributed by atoms with E-state index in [1.807, 2.05) is 0 Å². The first kappa shape index (κ1) is 17.5. The van der Waals surface area contributed by atoms with Gasteiger partial charge in [-0.05, 0) is 36.4 Å². The fraction of sp³-hybridized carbons (Fsp3) is 0.0588. The van der Waals surface area contributed by atoms with Gasteiger partial charge in [-0.1, -0.05) is 12.1 Å². The average Bonchev–Trinajstić information content (AvgIpc) is 2.60. The lowest BCUT2D eigenvalue weighted by Gasteiger charge is -2.13. The maximum Gasteiger partial charge on any atom is 0.416 e. The van der Waals surface area contributed by atoms with E-state index in [2.05, 4.69) is 20.6 Å². The molecule has 3 rings (SSSR count). The Morgan fingerprint density at radius 2 is 1.46 bits per heavy atom. The van der Waals surface area contributed by atoms with Gasteiger partial charge in [0.25, 0.3) is 0 Å². The fourth-order valence-electron chi connectivity index (χ4n) is 2.16. The maximum atomic E-state index is 13.7. The second-order valence-corrected chi connectivity index (χ2v) is 5.29. The molecule has 0 amide bonds. The number of alkyl halides is 3. The number of hydrogen-bond donors (Lipinski definition) is 3. The molecule has 0 aliphatic heterocycles. The topological polar surface area (TPSA) is 75.9 Å². The van der Waals surface area contributed by atoms with Crippen molar-refractivity contribution in [3.05, 3.63) is 66.2 Å². The van der Waals surface area contributed by atoms with Crippen LogP contribution in [0.25, 0.3) is 0 Å². The van der Waals surface area contributed by atoms with E-state index in [-0.39, 0.29) is 23.0 Å². The van der Waals surface area contributed by atoms with Crippen LogP contribution in [0.1, 0.15) is 5.56 Å². The average molecular weight is 363 g/mol. The van der Waals surface area contributed by atoms with E-state index in [9.17, 15) is 17.6 Å². The van der Waals surface area contributed by atoms with Crippen molar-refractivity contribution in [3.8, 4) is 0 Å². The van der Waals surface area contributed by atoms with E-state index >= 15 is 0 Å². The summed E-state index contributed by atoms with van der Waals surface area (Å²) in [6, 6.07) is 10.4. The summed E-state index contributed by atoms with van der Waals surface area (Å²) < 4.78 is 51.5. The summed E-state index contributed by atoms with van der Waals surface area (Å²) in [6.45, 7) is 0. The molecule has 9 heteroatoms. The van der Waals surface area contributed by atoms with Gasteiger partial charge in [-0.2, -0.15) is 13.2 Å². The van der Waals surface area contributed by atoms with E-state index < -0.39 is 17.6 Å². The molecular formula is C17H13F4N5. The van der Waals surface area contributed by atoms with Gasteiger partial charge in [0, 0.05) is 5.69 Å². The Hall–Kier alpha value is -3.36. The molecule has 0 aliphatic carbocycles. The summed E-state index contributed by atoms with van der Waals surface area (Å²) in [5.74, 6) is -0.138. The van der Waals surface area contributed by atoms with Crippen molar-refractivity contribution in [1.29, 1.82) is 0 Å². The number of halogens is 4. The van der Waals surface area contributed by atoms with Gasteiger partial charge in [-0.15, -0.1) is 0 Å². The molecule has 0 saturated carbocycles. The molecule has 134 valence electrons. The van der Waals surface area contributed by atoms with Crippen LogP contribution in [0.4, 0.5) is 46.3 Å². The lowest BCUT2D eigenvalue weighted by atomic mass is 10.2. The summed E-state index contributed by atoms with van der Waals surface area (Å²) in [5, 5.41) is 5.57. The number of anilines is 5. The molecule has 0 radical (unpaired) electrons. The maximum absolute atomic E-state index is 13.7. The molecule has 26 heavy (non-hydrogen) atoms. The molecule has 1 heterocycles. The number of nitrogens with one attached hydrogen (secondary N) is 2. The number of rotatable bonds is 4. The number of para-hydroxylation sites is 1. The van der Waals surface area contributed by atoms with Crippen LogP contribution in [-0.2, 0) is 6.18 Å². The van der Waals surface area contributed by atoms with Crippen LogP contribution in [0.15, 0.2) is 54.9 Å². The van der Waals surface area contributed by atoms with Gasteiger partial charge in [0.05, 0.1) is 11.3 Å². The first-order chi connectivity index (χ1) is 12.3. The minimum Gasteiger partial charge on any atom is -0.393 e. The molecule has 1 aromatic heterocycles. The Labute approximate surface area is 145 Å². The van der Waals surface area contributed by atoms with E-state index in [0.717, 1.165) is 12.1 Å². The standard InChI is InChI=1S/C17H13F4N5/c18-12-3-1-2-4-13(12)26-16-14(22)15(23-9-24-16)25-11-7-5-10(6-8-11)17(19,20)21/h1-9H,22H2,(H2,23,24,25,26). The predicted octanol–water partition coefficient (Wildman–Crippen LogP) is 4.70. The number of nitrogens with zero attached hydrogens (tertiary/aromatic N) is 2. The zero-order valence-electron chi connectivity index (χ0n) is 13.2. The third-order valence-electron chi connectivity index (χ3n) is 3.49. The van der Waals surface area contributed by atoms with Crippen molar-refractivity contribution in [3.63, 3.8) is 0 Å². The number of aromatic nitrogens is 2. The molecule has 0 aliphatic rings. The van der Waals surface area contributed by atoms with Crippen LogP contribution in [0.3, 0.4) is 0 Å². The van der Waals surface area contributed by atoms with Gasteiger partial charge < -0.3 is 16.4 Å². The Morgan fingerprint density at radius 1 is 0.846 bits per heavy atom. The highest BCUT2D eigenvalue weighted by atomic mass is 19.4. The summed E-state index contributed by atoms with van der Waals surface area (Å²) in [7, 11) is 0. The molecule has 2 aromatic carbocycles. The molecule has 0 saturated heterocycles. The molecule has 0 fully saturated rings. The monoisotopic (exact) mass is 363 g/mol. The van der Waals surface area contributed by atoms with Crippen LogP contribution in [0.2, 0.25) is 0 Å². The summed E-state index contributed by atoms with van der Waals surface area (Å²) in [5.41, 5.74) is 5.85. The number of hydrogen-bond acceptors (Lipinski definition) is 5. The lowest BCUT2D eigenvalue weighted by molar-refractivity contribution is -0.137. The normalized spacial score (nSPS) is 11.2. The van der Waals surface area contributed by atoms with Gasteiger partial charge in [0.2, 0.25) is 0 Å². The lowest BCUT2D eigenvalue weighted by Crippen LogP contribution is -2.07. The molecule has 0 spiro atoms. The van der Waals surface area contributed by atoms with Gasteiger partial charge in [-0.25, -0.2) is 14.4 Å². The minimum absolute atomic E-state index is 0.0932. The third-order valence-corrected chi connectivity index (χ3v) is 3.49. The van der Waals surface area contributed by atoms with Crippen molar-refractivity contribution in [2.24, 2.45) is 0 Å². The summed E-state index contributed by atoms with van der Waals surface area (Å²) >= 11 is 0. The first-order valence-electron chi connectivity index (χ1n) is 7.41. The van der Waals surface area contributed by atoms with E-state index in [4.69, 9.17) is 5.73 Å². The fourth-order valence-corrected chi connectivity index (χ4v) is 2.16. The number of nitrogen functional groups attached to an aromatic ring is 1. The van der Waals surface area contributed by atoms with E-state index in [1.165, 1.54) is 30.6 Å². The molecule has 5 nitrogen and oxygen atoms in total. The van der Waals surface area contributed by atoms with Crippen LogP contribution in [-0.4, -0.2) is 9.97 Å². The molecular weight excluding hydrogens is 350 g/mol. The van der Waals surface area contributed by atoms with Crippen LogP contribution >= 0.6 is 0 Å². The quantitative estimate of drug-likeness (QED) is 0.586. The van der Waals surface area contributed by atoms with Crippen molar-refractivity contribution in [1.82, 2.24) is 9.97 Å². The third kappa shape index (κ3) is 3.82. The Balaban J connectivity index is 1.82. The van der Waals surface area contributed by atoms with E-state index in [0.29, 0.717) is 5.69 Å². The highest BCUT2D eigenvalue weighted by Crippen LogP contribution is 2.32. The summed E-state index contributed by atoms with van der Waals surface area (Å²) in [4.78, 5) is 7.93. The Morgan fingerprint density at radius 3 is 2.08 bits per heavy atom. The molecule has 3 aromatic rings.